The largest absolute Gasteiger partial charge is 0.314 e. The lowest BCUT2D eigenvalue weighted by molar-refractivity contribution is 0.534. The molecule has 0 bridgehead atoms. The van der Waals surface area contributed by atoms with Crippen LogP contribution in [0.25, 0.3) is 0 Å². The molecule has 0 aliphatic carbocycles. The van der Waals surface area contributed by atoms with E-state index in [1.165, 1.54) is 12.1 Å². The van der Waals surface area contributed by atoms with Gasteiger partial charge in [-0.2, -0.15) is 10.5 Å². The third kappa shape index (κ3) is 6.90. The first-order valence-electron chi connectivity index (χ1n) is 3.11. The highest BCUT2D eigenvalue weighted by molar-refractivity contribution is 4.99. The monoisotopic (exact) mass is 138 g/mol. The smallest absolute Gasteiger partial charge is 0.181 e. The van der Waals surface area contributed by atoms with Gasteiger partial charge < -0.3 is 10.6 Å². The molecule has 0 atom stereocenters. The lowest BCUT2D eigenvalue weighted by Crippen LogP contribution is -2.39. The van der Waals surface area contributed by atoms with Gasteiger partial charge in [0, 0.05) is 26.2 Å². The van der Waals surface area contributed by atoms with Crippen molar-refractivity contribution in [3.8, 4) is 12.1 Å². The van der Waals surface area contributed by atoms with Crippen molar-refractivity contribution in [2.75, 3.05) is 26.2 Å². The summed E-state index contributed by atoms with van der Waals surface area (Å²) in [5.41, 5.74) is 0. The summed E-state index contributed by atoms with van der Waals surface area (Å²) in [4.78, 5) is 0. The average molecular weight is 138 g/mol. The topological polar surface area (TPSA) is 71.6 Å². The summed E-state index contributed by atoms with van der Waals surface area (Å²) >= 11 is 0. The second-order valence-electron chi connectivity index (χ2n) is 1.72. The molecule has 1 aliphatic rings. The first kappa shape index (κ1) is 8.90. The van der Waals surface area contributed by atoms with Gasteiger partial charge in [-0.15, -0.1) is 0 Å². The van der Waals surface area contributed by atoms with E-state index in [2.05, 4.69) is 10.6 Å². The van der Waals surface area contributed by atoms with Crippen LogP contribution in [0.4, 0.5) is 0 Å². The zero-order chi connectivity index (χ0) is 7.66. The molecule has 1 fully saturated rings. The van der Waals surface area contributed by atoms with Gasteiger partial charge in [-0.05, 0) is 0 Å². The highest BCUT2D eigenvalue weighted by atomic mass is 15.0. The zero-order valence-electron chi connectivity index (χ0n) is 5.72. The molecule has 1 heterocycles. The Morgan fingerprint density at radius 2 is 1.10 bits per heavy atom. The van der Waals surface area contributed by atoms with Crippen molar-refractivity contribution in [1.82, 2.24) is 10.6 Å². The Bertz CT molecular complexity index is 113. The van der Waals surface area contributed by atoms with E-state index in [1.54, 1.807) is 0 Å². The van der Waals surface area contributed by atoms with Gasteiger partial charge in [0.25, 0.3) is 0 Å². The first-order chi connectivity index (χ1) is 4.91. The predicted octanol–water partition coefficient (Wildman–Crippen LogP) is -0.787. The summed E-state index contributed by atoms with van der Waals surface area (Å²) in [5.74, 6) is 0. The maximum Gasteiger partial charge on any atom is 0.181 e. The van der Waals surface area contributed by atoms with Crippen LogP contribution in [0.1, 0.15) is 0 Å². The minimum absolute atomic E-state index is 1.14. The van der Waals surface area contributed by atoms with Gasteiger partial charge in [0.2, 0.25) is 0 Å². The summed E-state index contributed by atoms with van der Waals surface area (Å²) in [7, 11) is 0. The maximum atomic E-state index is 7.26. The number of nitrogens with one attached hydrogen (secondary N) is 2. The van der Waals surface area contributed by atoms with Crippen molar-refractivity contribution in [3.05, 3.63) is 0 Å². The van der Waals surface area contributed by atoms with Crippen molar-refractivity contribution >= 4 is 0 Å². The highest BCUT2D eigenvalue weighted by Gasteiger charge is 1.91. The summed E-state index contributed by atoms with van der Waals surface area (Å²) < 4.78 is 0. The number of hydrogen-bond acceptors (Lipinski definition) is 4. The van der Waals surface area contributed by atoms with E-state index in [4.69, 9.17) is 10.5 Å². The van der Waals surface area contributed by atoms with Crippen molar-refractivity contribution in [2.24, 2.45) is 0 Å². The van der Waals surface area contributed by atoms with E-state index in [-0.39, 0.29) is 0 Å². The summed E-state index contributed by atoms with van der Waals surface area (Å²) in [6, 6.07) is 2.47. The fourth-order valence-electron chi connectivity index (χ4n) is 0.604. The molecule has 0 saturated carbocycles. The van der Waals surface area contributed by atoms with E-state index in [1.807, 2.05) is 0 Å². The predicted molar refractivity (Wildman–Crippen MR) is 37.0 cm³/mol. The molecule has 0 aromatic rings. The van der Waals surface area contributed by atoms with Gasteiger partial charge in [-0.3, -0.25) is 0 Å². The molecule has 2 N–H and O–H groups in total. The van der Waals surface area contributed by atoms with Crippen LogP contribution in [0.5, 0.6) is 0 Å². The molecule has 4 heteroatoms. The van der Waals surface area contributed by atoms with Crippen molar-refractivity contribution in [2.45, 2.75) is 0 Å². The Morgan fingerprint density at radius 1 is 0.800 bits per heavy atom. The normalized spacial score (nSPS) is 15.4. The SMILES string of the molecule is C1CNCCN1.N#CC#N. The molecular formula is C6H10N4. The number of rotatable bonds is 0. The van der Waals surface area contributed by atoms with Gasteiger partial charge in [-0.1, -0.05) is 0 Å². The zero-order valence-corrected chi connectivity index (χ0v) is 5.72. The van der Waals surface area contributed by atoms with Gasteiger partial charge in [0.1, 0.15) is 0 Å². The molecule has 0 amide bonds. The first-order valence-corrected chi connectivity index (χ1v) is 3.11. The quantitative estimate of drug-likeness (QED) is 0.460. The van der Waals surface area contributed by atoms with Crippen LogP contribution in [0.3, 0.4) is 0 Å². The van der Waals surface area contributed by atoms with Gasteiger partial charge >= 0.3 is 0 Å². The maximum absolute atomic E-state index is 7.26. The molecule has 0 aromatic carbocycles. The minimum Gasteiger partial charge on any atom is -0.314 e. The molecule has 1 rings (SSSR count). The van der Waals surface area contributed by atoms with Crippen molar-refractivity contribution in [3.63, 3.8) is 0 Å². The van der Waals surface area contributed by atoms with Gasteiger partial charge in [0.15, 0.2) is 12.1 Å². The van der Waals surface area contributed by atoms with Crippen LogP contribution in [-0.4, -0.2) is 26.2 Å². The van der Waals surface area contributed by atoms with Crippen LogP contribution in [0.15, 0.2) is 0 Å². The molecular weight excluding hydrogens is 128 g/mol. The molecule has 54 valence electrons. The Kier molecular flexibility index (Phi) is 7.03. The number of nitrogens with zero attached hydrogens (tertiary/aromatic N) is 2. The third-order valence-corrected chi connectivity index (χ3v) is 1.01. The Labute approximate surface area is 60.4 Å². The average Bonchev–Trinajstić information content (AvgIpc) is 2.08. The Morgan fingerprint density at radius 3 is 1.20 bits per heavy atom. The van der Waals surface area contributed by atoms with E-state index in [0.29, 0.717) is 0 Å². The summed E-state index contributed by atoms with van der Waals surface area (Å²) in [6.07, 6.45) is 0. The van der Waals surface area contributed by atoms with Crippen molar-refractivity contribution < 1.29 is 0 Å². The molecule has 0 unspecified atom stereocenters. The minimum atomic E-state index is 1.14. The Balaban J connectivity index is 0.000000180. The Hall–Kier alpha value is -1.10. The van der Waals surface area contributed by atoms with Crippen LogP contribution in [0, 0.1) is 22.7 Å². The van der Waals surface area contributed by atoms with Crippen LogP contribution in [-0.2, 0) is 0 Å². The lowest BCUT2D eigenvalue weighted by Gasteiger charge is -2.11. The number of piperazine rings is 1. The van der Waals surface area contributed by atoms with Crippen LogP contribution >= 0.6 is 0 Å². The van der Waals surface area contributed by atoms with Crippen LogP contribution in [0.2, 0.25) is 0 Å². The second-order valence-corrected chi connectivity index (χ2v) is 1.72. The van der Waals surface area contributed by atoms with Gasteiger partial charge in [0.05, 0.1) is 0 Å². The van der Waals surface area contributed by atoms with Crippen molar-refractivity contribution in [1.29, 1.82) is 10.5 Å². The molecule has 4 nitrogen and oxygen atoms in total. The van der Waals surface area contributed by atoms with E-state index in [9.17, 15) is 0 Å². The van der Waals surface area contributed by atoms with E-state index < -0.39 is 0 Å². The molecule has 0 radical (unpaired) electrons. The van der Waals surface area contributed by atoms with E-state index in [0.717, 1.165) is 26.2 Å². The number of hydrogen-bond donors (Lipinski definition) is 2. The molecule has 0 aromatic heterocycles. The lowest BCUT2D eigenvalue weighted by atomic mass is 10.4. The highest BCUT2D eigenvalue weighted by Crippen LogP contribution is 1.65. The number of nitriles is 2. The second kappa shape index (κ2) is 7.90. The van der Waals surface area contributed by atoms with Crippen LogP contribution < -0.4 is 10.6 Å². The molecule has 0 spiro atoms. The fourth-order valence-corrected chi connectivity index (χ4v) is 0.604. The van der Waals surface area contributed by atoms with Gasteiger partial charge in [-0.25, -0.2) is 0 Å². The standard InChI is InChI=1S/C4H10N2.C2N2/c1-2-6-4-3-5-1;3-1-2-4/h5-6H,1-4H2;. The third-order valence-electron chi connectivity index (χ3n) is 1.01. The molecule has 10 heavy (non-hydrogen) atoms. The molecule has 1 aliphatic heterocycles. The summed E-state index contributed by atoms with van der Waals surface area (Å²) in [6.45, 7) is 4.56. The summed E-state index contributed by atoms with van der Waals surface area (Å²) in [5, 5.41) is 21.0. The molecule has 1 saturated heterocycles. The fraction of sp³-hybridized carbons (Fsp3) is 0.667. The van der Waals surface area contributed by atoms with E-state index >= 15 is 0 Å².